The summed E-state index contributed by atoms with van der Waals surface area (Å²) in [5, 5.41) is 15.2. The summed E-state index contributed by atoms with van der Waals surface area (Å²) >= 11 is 6.03. The molecule has 0 bridgehead atoms. The van der Waals surface area contributed by atoms with Gasteiger partial charge in [-0.1, -0.05) is 47.9 Å². The summed E-state index contributed by atoms with van der Waals surface area (Å²) in [7, 11) is 0. The summed E-state index contributed by atoms with van der Waals surface area (Å²) in [5.74, 6) is 2.49. The quantitative estimate of drug-likeness (QED) is 0.425. The smallest absolute Gasteiger partial charge is 0.246 e. The average Bonchev–Trinajstić information content (AvgIpc) is 3.36. The van der Waals surface area contributed by atoms with E-state index in [0.717, 1.165) is 42.0 Å². The Balaban J connectivity index is 1.67. The third-order valence-electron chi connectivity index (χ3n) is 4.30. The lowest BCUT2D eigenvalue weighted by Gasteiger charge is -2.09. The Labute approximate surface area is 174 Å². The van der Waals surface area contributed by atoms with E-state index in [9.17, 15) is 0 Å². The highest BCUT2D eigenvalue weighted by molar-refractivity contribution is 6.30. The predicted molar refractivity (Wildman–Crippen MR) is 112 cm³/mol. The van der Waals surface area contributed by atoms with Gasteiger partial charge < -0.3 is 19.7 Å². The first-order chi connectivity index (χ1) is 14.1. The van der Waals surface area contributed by atoms with Crippen LogP contribution in [-0.2, 0) is 25.9 Å². The van der Waals surface area contributed by atoms with Crippen LogP contribution in [0.2, 0.25) is 5.02 Å². The number of hydrogen-bond donors (Lipinski definition) is 2. The lowest BCUT2D eigenvalue weighted by molar-refractivity contribution is 0.375. The summed E-state index contributed by atoms with van der Waals surface area (Å²) < 4.78 is 10.7. The van der Waals surface area contributed by atoms with Gasteiger partial charge in [0.2, 0.25) is 11.7 Å². The molecule has 1 aromatic carbocycles. The van der Waals surface area contributed by atoms with Gasteiger partial charge in [0.1, 0.15) is 5.76 Å². The van der Waals surface area contributed by atoms with Crippen molar-refractivity contribution in [1.29, 1.82) is 0 Å². The molecule has 0 atom stereocenters. The molecule has 3 aromatic rings. The van der Waals surface area contributed by atoms with Gasteiger partial charge in [-0.3, -0.25) is 0 Å². The SMILES string of the molecule is CCNC(=NCc1c(CC)noc1CC)NCc1nc(-c2cccc(Cl)c2)no1. The van der Waals surface area contributed by atoms with Crippen LogP contribution in [0.1, 0.15) is 43.7 Å². The van der Waals surface area contributed by atoms with Crippen LogP contribution in [0.5, 0.6) is 0 Å². The van der Waals surface area contributed by atoms with E-state index in [-0.39, 0.29) is 0 Å². The van der Waals surface area contributed by atoms with Crippen LogP contribution in [-0.4, -0.2) is 27.8 Å². The standard InChI is InChI=1S/C20H25ClN6O2/c1-4-16-15(17(5-2)28-26-16)11-23-20(22-6-3)24-12-18-25-19(27-29-18)13-8-7-9-14(21)10-13/h7-10H,4-6,11-12H2,1-3H3,(H2,22,23,24). The fourth-order valence-corrected chi connectivity index (χ4v) is 3.04. The molecule has 0 aliphatic rings. The molecule has 0 unspecified atom stereocenters. The van der Waals surface area contributed by atoms with Crippen LogP contribution in [0.3, 0.4) is 0 Å². The van der Waals surface area contributed by atoms with E-state index in [1.54, 1.807) is 12.1 Å². The number of guanidine groups is 1. The van der Waals surface area contributed by atoms with Crippen molar-refractivity contribution in [3.8, 4) is 11.4 Å². The Morgan fingerprint density at radius 2 is 1.97 bits per heavy atom. The van der Waals surface area contributed by atoms with Crippen molar-refractivity contribution in [2.24, 2.45) is 4.99 Å². The normalized spacial score (nSPS) is 11.7. The number of hydrogen-bond acceptors (Lipinski definition) is 6. The van der Waals surface area contributed by atoms with E-state index in [4.69, 9.17) is 20.6 Å². The largest absolute Gasteiger partial charge is 0.361 e. The number of rotatable bonds is 8. The predicted octanol–water partition coefficient (Wildman–Crippen LogP) is 3.76. The Morgan fingerprint density at radius 3 is 2.69 bits per heavy atom. The second-order valence-corrected chi connectivity index (χ2v) is 6.75. The van der Waals surface area contributed by atoms with Crippen molar-refractivity contribution in [3.63, 3.8) is 0 Å². The monoisotopic (exact) mass is 416 g/mol. The van der Waals surface area contributed by atoms with Crippen molar-refractivity contribution >= 4 is 17.6 Å². The molecule has 2 heterocycles. The molecular formula is C20H25ClN6O2. The lowest BCUT2D eigenvalue weighted by atomic mass is 10.1. The first-order valence-electron chi connectivity index (χ1n) is 9.71. The molecule has 2 aromatic heterocycles. The van der Waals surface area contributed by atoms with E-state index >= 15 is 0 Å². The summed E-state index contributed by atoms with van der Waals surface area (Å²) in [6, 6.07) is 7.33. The van der Waals surface area contributed by atoms with Gasteiger partial charge >= 0.3 is 0 Å². The fourth-order valence-electron chi connectivity index (χ4n) is 2.85. The first kappa shape index (κ1) is 20.9. The van der Waals surface area contributed by atoms with Crippen molar-refractivity contribution in [1.82, 2.24) is 25.9 Å². The Bertz CT molecular complexity index is 944. The van der Waals surface area contributed by atoms with Gasteiger partial charge in [-0.25, -0.2) is 4.99 Å². The molecule has 9 heteroatoms. The lowest BCUT2D eigenvalue weighted by Crippen LogP contribution is -2.36. The first-order valence-corrected chi connectivity index (χ1v) is 10.1. The number of aryl methyl sites for hydroxylation is 2. The topological polar surface area (TPSA) is 101 Å². The highest BCUT2D eigenvalue weighted by atomic mass is 35.5. The highest BCUT2D eigenvalue weighted by Crippen LogP contribution is 2.20. The fraction of sp³-hybridized carbons (Fsp3) is 0.400. The zero-order valence-corrected chi connectivity index (χ0v) is 17.6. The number of halogens is 1. The minimum atomic E-state index is 0.351. The molecular weight excluding hydrogens is 392 g/mol. The Morgan fingerprint density at radius 1 is 1.10 bits per heavy atom. The van der Waals surface area contributed by atoms with Crippen LogP contribution in [0.4, 0.5) is 0 Å². The van der Waals surface area contributed by atoms with Gasteiger partial charge in [-0.05, 0) is 25.5 Å². The molecule has 0 aliphatic carbocycles. The molecule has 154 valence electrons. The van der Waals surface area contributed by atoms with Gasteiger partial charge in [0, 0.05) is 29.1 Å². The zero-order valence-electron chi connectivity index (χ0n) is 16.8. The maximum absolute atomic E-state index is 6.03. The average molecular weight is 417 g/mol. The van der Waals surface area contributed by atoms with Gasteiger partial charge in [0.15, 0.2) is 5.96 Å². The maximum atomic E-state index is 6.03. The number of nitrogens with zero attached hydrogens (tertiary/aromatic N) is 4. The second kappa shape index (κ2) is 10.1. The van der Waals surface area contributed by atoms with Crippen molar-refractivity contribution < 1.29 is 9.05 Å². The number of aliphatic imine (C=N–C) groups is 1. The summed E-state index contributed by atoms with van der Waals surface area (Å²) in [5.41, 5.74) is 2.80. The van der Waals surface area contributed by atoms with Crippen LogP contribution >= 0.6 is 11.6 Å². The van der Waals surface area contributed by atoms with Crippen LogP contribution in [0, 0.1) is 0 Å². The number of aromatic nitrogens is 3. The molecule has 0 spiro atoms. The molecule has 0 fully saturated rings. The second-order valence-electron chi connectivity index (χ2n) is 6.31. The molecule has 0 aliphatic heterocycles. The maximum Gasteiger partial charge on any atom is 0.246 e. The molecule has 0 amide bonds. The van der Waals surface area contributed by atoms with E-state index in [2.05, 4.69) is 37.8 Å². The number of benzene rings is 1. The van der Waals surface area contributed by atoms with Crippen LogP contribution < -0.4 is 10.6 Å². The van der Waals surface area contributed by atoms with Gasteiger partial charge in [-0.15, -0.1) is 0 Å². The molecule has 8 nitrogen and oxygen atoms in total. The minimum absolute atomic E-state index is 0.351. The summed E-state index contributed by atoms with van der Waals surface area (Å²) in [4.78, 5) is 9.06. The van der Waals surface area contributed by atoms with Gasteiger partial charge in [0.25, 0.3) is 0 Å². The van der Waals surface area contributed by atoms with Gasteiger partial charge in [0.05, 0.1) is 18.8 Å². The van der Waals surface area contributed by atoms with Crippen molar-refractivity contribution in [2.75, 3.05) is 6.54 Å². The third kappa shape index (κ3) is 5.35. The Kier molecular flexibility index (Phi) is 7.24. The van der Waals surface area contributed by atoms with Crippen molar-refractivity contribution in [2.45, 2.75) is 46.7 Å². The van der Waals surface area contributed by atoms with Crippen LogP contribution in [0.15, 0.2) is 38.3 Å². The Hall–Kier alpha value is -2.87. The molecule has 0 radical (unpaired) electrons. The van der Waals surface area contributed by atoms with Crippen LogP contribution in [0.25, 0.3) is 11.4 Å². The molecule has 29 heavy (non-hydrogen) atoms. The van der Waals surface area contributed by atoms with E-state index in [1.807, 2.05) is 26.0 Å². The molecule has 0 saturated heterocycles. The highest BCUT2D eigenvalue weighted by Gasteiger charge is 2.14. The van der Waals surface area contributed by atoms with Gasteiger partial charge in [-0.2, -0.15) is 4.98 Å². The third-order valence-corrected chi connectivity index (χ3v) is 4.54. The zero-order chi connectivity index (χ0) is 20.6. The van der Waals surface area contributed by atoms with E-state index in [0.29, 0.717) is 35.8 Å². The van der Waals surface area contributed by atoms with Crippen molar-refractivity contribution in [3.05, 3.63) is 52.2 Å². The summed E-state index contributed by atoms with van der Waals surface area (Å²) in [6.45, 7) is 7.68. The molecule has 3 rings (SSSR count). The van der Waals surface area contributed by atoms with E-state index < -0.39 is 0 Å². The minimum Gasteiger partial charge on any atom is -0.361 e. The number of nitrogens with one attached hydrogen (secondary N) is 2. The summed E-state index contributed by atoms with van der Waals surface area (Å²) in [6.07, 6.45) is 1.60. The van der Waals surface area contributed by atoms with E-state index in [1.165, 1.54) is 0 Å². The molecule has 2 N–H and O–H groups in total. The molecule has 0 saturated carbocycles.